The maximum absolute atomic E-state index is 13.2. The number of hydrogen-bond acceptors (Lipinski definition) is 4. The number of amides is 1. The fraction of sp³-hybridized carbons (Fsp3) is 0.444. The molecule has 2 N–H and O–H groups in total. The van der Waals surface area contributed by atoms with Crippen molar-refractivity contribution in [3.8, 4) is 0 Å². The van der Waals surface area contributed by atoms with E-state index < -0.39 is 17.3 Å². The number of halogens is 1. The summed E-state index contributed by atoms with van der Waals surface area (Å²) in [5.41, 5.74) is -0.0856. The van der Waals surface area contributed by atoms with Crippen LogP contribution in [0.1, 0.15) is 48.2 Å². The lowest BCUT2D eigenvalue weighted by Gasteiger charge is -2.33. The molecule has 1 aromatic carbocycles. The van der Waals surface area contributed by atoms with Gasteiger partial charge in [-0.05, 0) is 30.5 Å². The lowest BCUT2D eigenvalue weighted by Crippen LogP contribution is -2.44. The molecular weight excluding hydrogens is 339 g/mol. The van der Waals surface area contributed by atoms with Crippen LogP contribution in [0.25, 0.3) is 0 Å². The first kappa shape index (κ1) is 18.0. The number of nitrogens with zero attached hydrogens (tertiary/aromatic N) is 3. The minimum Gasteiger partial charge on any atom is -0.481 e. The first-order chi connectivity index (χ1) is 12.5. The van der Waals surface area contributed by atoms with Crippen molar-refractivity contribution in [1.82, 2.24) is 20.3 Å². The van der Waals surface area contributed by atoms with E-state index in [-0.39, 0.29) is 24.6 Å². The van der Waals surface area contributed by atoms with Crippen LogP contribution in [-0.4, -0.2) is 38.5 Å². The second-order valence-electron chi connectivity index (χ2n) is 6.76. The second-order valence-corrected chi connectivity index (χ2v) is 6.76. The van der Waals surface area contributed by atoms with Crippen molar-refractivity contribution >= 4 is 11.9 Å². The third-order valence-electron chi connectivity index (χ3n) is 4.86. The number of carboxylic acids is 1. The first-order valence-electron chi connectivity index (χ1n) is 8.65. The predicted octanol–water partition coefficient (Wildman–Crippen LogP) is 2.23. The highest BCUT2D eigenvalue weighted by molar-refractivity contribution is 5.92. The fourth-order valence-corrected chi connectivity index (χ4v) is 3.34. The number of aromatic nitrogens is 3. The summed E-state index contributed by atoms with van der Waals surface area (Å²) >= 11 is 0. The number of benzene rings is 1. The number of carboxylic acid groups (broad SMARTS) is 1. The van der Waals surface area contributed by atoms with Crippen LogP contribution in [0.4, 0.5) is 4.39 Å². The van der Waals surface area contributed by atoms with Crippen molar-refractivity contribution in [3.05, 3.63) is 47.5 Å². The molecule has 1 aromatic heterocycles. The smallest absolute Gasteiger partial charge is 0.311 e. The number of aliphatic carboxylic acids is 1. The van der Waals surface area contributed by atoms with Gasteiger partial charge in [-0.25, -0.2) is 9.07 Å². The molecule has 1 amide bonds. The van der Waals surface area contributed by atoms with E-state index in [1.165, 1.54) is 23.0 Å². The summed E-state index contributed by atoms with van der Waals surface area (Å²) < 4.78 is 14.7. The Morgan fingerprint density at radius 1 is 1.27 bits per heavy atom. The zero-order chi connectivity index (χ0) is 18.6. The Labute approximate surface area is 150 Å². The monoisotopic (exact) mass is 360 g/mol. The third kappa shape index (κ3) is 4.07. The van der Waals surface area contributed by atoms with Gasteiger partial charge in [0.25, 0.3) is 5.91 Å². The van der Waals surface area contributed by atoms with Crippen molar-refractivity contribution in [2.75, 3.05) is 6.54 Å². The minimum absolute atomic E-state index is 0.0813. The SMILES string of the molecule is O=C(NCC1(C(=O)O)CCCCC1)c1cn(Cc2cccc(F)c2)nn1. The molecule has 0 aliphatic heterocycles. The van der Waals surface area contributed by atoms with Crippen molar-refractivity contribution in [1.29, 1.82) is 0 Å². The highest BCUT2D eigenvalue weighted by Gasteiger charge is 2.39. The molecule has 1 aliphatic rings. The van der Waals surface area contributed by atoms with E-state index in [0.717, 1.165) is 19.3 Å². The molecule has 0 atom stereocenters. The van der Waals surface area contributed by atoms with E-state index in [4.69, 9.17) is 0 Å². The highest BCUT2D eigenvalue weighted by Crippen LogP contribution is 2.36. The topological polar surface area (TPSA) is 97.1 Å². The molecule has 0 saturated heterocycles. The normalized spacial score (nSPS) is 16.2. The van der Waals surface area contributed by atoms with Crippen LogP contribution in [-0.2, 0) is 11.3 Å². The summed E-state index contributed by atoms with van der Waals surface area (Å²) in [4.78, 5) is 23.9. The first-order valence-corrected chi connectivity index (χ1v) is 8.65. The average molecular weight is 360 g/mol. The summed E-state index contributed by atoms with van der Waals surface area (Å²) in [6, 6.07) is 6.10. The van der Waals surface area contributed by atoms with Gasteiger partial charge in [-0.2, -0.15) is 0 Å². The van der Waals surface area contributed by atoms with Crippen molar-refractivity contribution in [2.24, 2.45) is 5.41 Å². The molecule has 1 aliphatic carbocycles. The van der Waals surface area contributed by atoms with Gasteiger partial charge in [0.05, 0.1) is 18.2 Å². The molecule has 1 saturated carbocycles. The van der Waals surface area contributed by atoms with E-state index >= 15 is 0 Å². The van der Waals surface area contributed by atoms with Crippen LogP contribution in [0.3, 0.4) is 0 Å². The Bertz CT molecular complexity index is 799. The summed E-state index contributed by atoms with van der Waals surface area (Å²) in [5, 5.41) is 19.9. The van der Waals surface area contributed by atoms with E-state index in [9.17, 15) is 19.1 Å². The zero-order valence-corrected chi connectivity index (χ0v) is 14.3. The summed E-state index contributed by atoms with van der Waals surface area (Å²) in [6.45, 7) is 0.370. The molecule has 0 radical (unpaired) electrons. The Morgan fingerprint density at radius 2 is 2.04 bits per heavy atom. The van der Waals surface area contributed by atoms with Gasteiger partial charge < -0.3 is 10.4 Å². The summed E-state index contributed by atoms with van der Waals surface area (Å²) in [5.74, 6) is -1.67. The fourth-order valence-electron chi connectivity index (χ4n) is 3.34. The van der Waals surface area contributed by atoms with E-state index in [0.29, 0.717) is 18.4 Å². The van der Waals surface area contributed by atoms with E-state index in [1.807, 2.05) is 0 Å². The number of nitrogens with one attached hydrogen (secondary N) is 1. The summed E-state index contributed by atoms with van der Waals surface area (Å²) in [7, 11) is 0. The van der Waals surface area contributed by atoms with E-state index in [1.54, 1.807) is 12.1 Å². The molecule has 3 rings (SSSR count). The standard InChI is InChI=1S/C18H21FN4O3/c19-14-6-4-5-13(9-14)10-23-11-15(21-22-23)16(24)20-12-18(17(25)26)7-2-1-3-8-18/h4-6,9,11H,1-3,7-8,10,12H2,(H,20,24)(H,25,26). The highest BCUT2D eigenvalue weighted by atomic mass is 19.1. The van der Waals surface area contributed by atoms with Crippen molar-refractivity contribution in [3.63, 3.8) is 0 Å². The van der Waals surface area contributed by atoms with Gasteiger partial charge >= 0.3 is 5.97 Å². The zero-order valence-electron chi connectivity index (χ0n) is 14.3. The lowest BCUT2D eigenvalue weighted by atomic mass is 9.74. The molecular formula is C18H21FN4O3. The molecule has 7 nitrogen and oxygen atoms in total. The molecule has 2 aromatic rings. The van der Waals surface area contributed by atoms with Gasteiger partial charge in [0.2, 0.25) is 0 Å². The third-order valence-corrected chi connectivity index (χ3v) is 4.86. The van der Waals surface area contributed by atoms with Gasteiger partial charge in [0, 0.05) is 6.54 Å². The molecule has 138 valence electrons. The number of carbonyl (C=O) groups excluding carboxylic acids is 1. The van der Waals surface area contributed by atoms with Crippen LogP contribution in [0.2, 0.25) is 0 Å². The van der Waals surface area contributed by atoms with E-state index in [2.05, 4.69) is 15.6 Å². The Morgan fingerprint density at radius 3 is 2.73 bits per heavy atom. The largest absolute Gasteiger partial charge is 0.481 e. The van der Waals surface area contributed by atoms with Gasteiger partial charge in [0.15, 0.2) is 5.69 Å². The Balaban J connectivity index is 1.62. The average Bonchev–Trinajstić information content (AvgIpc) is 3.09. The summed E-state index contributed by atoms with van der Waals surface area (Å²) in [6.07, 6.45) is 5.33. The molecule has 1 heterocycles. The Hall–Kier alpha value is -2.77. The quantitative estimate of drug-likeness (QED) is 0.823. The van der Waals surface area contributed by atoms with Crippen LogP contribution in [0.5, 0.6) is 0 Å². The van der Waals surface area contributed by atoms with Crippen molar-refractivity contribution < 1.29 is 19.1 Å². The van der Waals surface area contributed by atoms with Gasteiger partial charge in [-0.3, -0.25) is 9.59 Å². The lowest BCUT2D eigenvalue weighted by molar-refractivity contribution is -0.150. The Kier molecular flexibility index (Phi) is 5.29. The predicted molar refractivity (Wildman–Crippen MR) is 91.0 cm³/mol. The minimum atomic E-state index is -0.897. The van der Waals surface area contributed by atoms with Gasteiger partial charge in [0.1, 0.15) is 5.82 Å². The van der Waals surface area contributed by atoms with Crippen LogP contribution < -0.4 is 5.32 Å². The molecule has 26 heavy (non-hydrogen) atoms. The molecule has 1 fully saturated rings. The number of hydrogen-bond donors (Lipinski definition) is 2. The van der Waals surface area contributed by atoms with Gasteiger partial charge in [-0.1, -0.05) is 36.6 Å². The van der Waals surface area contributed by atoms with Gasteiger partial charge in [-0.15, -0.1) is 5.10 Å². The maximum Gasteiger partial charge on any atom is 0.311 e. The molecule has 0 bridgehead atoms. The van der Waals surface area contributed by atoms with Crippen LogP contribution in [0.15, 0.2) is 30.5 Å². The molecule has 8 heteroatoms. The van der Waals surface area contributed by atoms with Crippen molar-refractivity contribution in [2.45, 2.75) is 38.6 Å². The van der Waals surface area contributed by atoms with Crippen LogP contribution >= 0.6 is 0 Å². The molecule has 0 spiro atoms. The number of rotatable bonds is 6. The molecule has 0 unspecified atom stereocenters. The maximum atomic E-state index is 13.2. The number of carbonyl (C=O) groups is 2. The van der Waals surface area contributed by atoms with Crippen LogP contribution in [0, 0.1) is 11.2 Å². The second kappa shape index (κ2) is 7.63.